The van der Waals surface area contributed by atoms with Gasteiger partial charge in [0, 0.05) is 50.5 Å². The van der Waals surface area contributed by atoms with Crippen LogP contribution in [-0.2, 0) is 13.0 Å². The van der Waals surface area contributed by atoms with Crippen molar-refractivity contribution in [3.05, 3.63) is 64.5 Å². The lowest BCUT2D eigenvalue weighted by atomic mass is 10.1. The molecule has 0 N–H and O–H groups in total. The smallest absolute Gasteiger partial charge is 0.264 e. The number of carbonyl (C=O) groups is 1. The summed E-state index contributed by atoms with van der Waals surface area (Å²) in [6.07, 6.45) is 1.05. The molecule has 0 atom stereocenters. The molecule has 8 heteroatoms. The number of hydrogen-bond donors (Lipinski definition) is 0. The molecule has 2 aliphatic rings. The van der Waals surface area contributed by atoms with Crippen molar-refractivity contribution in [3.63, 3.8) is 0 Å². The van der Waals surface area contributed by atoms with Crippen molar-refractivity contribution in [1.29, 1.82) is 0 Å². The standard InChI is InChI=1S/C27H31N3O4S/c1-32-22-9-8-20(25(33-2)26(22)34-3)18-28-14-16-29(17-15-28)27(31)23-10-11-24(35-23)30-13-12-19-6-4-5-7-21(19)30/h4-11H,12-18H2,1-3H3. The van der Waals surface area contributed by atoms with Crippen LogP contribution in [0.25, 0.3) is 0 Å². The molecule has 7 nitrogen and oxygen atoms in total. The molecule has 1 amide bonds. The van der Waals surface area contributed by atoms with Gasteiger partial charge in [0.2, 0.25) is 5.75 Å². The van der Waals surface area contributed by atoms with E-state index in [0.29, 0.717) is 30.3 Å². The first-order chi connectivity index (χ1) is 17.1. The van der Waals surface area contributed by atoms with Crippen molar-refractivity contribution in [2.24, 2.45) is 0 Å². The summed E-state index contributed by atoms with van der Waals surface area (Å²) in [4.78, 5) is 20.7. The molecule has 0 saturated carbocycles. The summed E-state index contributed by atoms with van der Waals surface area (Å²) >= 11 is 1.59. The highest BCUT2D eigenvalue weighted by Crippen LogP contribution is 2.41. The molecular weight excluding hydrogens is 462 g/mol. The molecule has 3 aromatic rings. The van der Waals surface area contributed by atoms with Gasteiger partial charge in [0.05, 0.1) is 31.2 Å². The van der Waals surface area contributed by atoms with Crippen LogP contribution >= 0.6 is 11.3 Å². The first-order valence-electron chi connectivity index (χ1n) is 11.9. The molecule has 3 heterocycles. The number of piperazine rings is 1. The fraction of sp³-hybridized carbons (Fsp3) is 0.370. The van der Waals surface area contributed by atoms with Crippen molar-refractivity contribution in [1.82, 2.24) is 9.80 Å². The Morgan fingerprint density at radius 2 is 1.63 bits per heavy atom. The molecule has 1 saturated heterocycles. The number of thiophene rings is 1. The number of benzene rings is 2. The van der Waals surface area contributed by atoms with Crippen LogP contribution in [0.5, 0.6) is 17.2 Å². The molecule has 1 fully saturated rings. The highest BCUT2D eigenvalue weighted by Gasteiger charge is 2.27. The molecule has 2 aromatic carbocycles. The minimum atomic E-state index is 0.122. The van der Waals surface area contributed by atoms with Gasteiger partial charge in [0.1, 0.15) is 0 Å². The van der Waals surface area contributed by atoms with E-state index in [0.717, 1.165) is 48.0 Å². The van der Waals surface area contributed by atoms with Crippen LogP contribution < -0.4 is 19.1 Å². The van der Waals surface area contributed by atoms with Crippen LogP contribution in [0.4, 0.5) is 10.7 Å². The number of anilines is 2. The molecule has 0 bridgehead atoms. The Bertz CT molecular complexity index is 1200. The van der Waals surface area contributed by atoms with E-state index in [2.05, 4.69) is 40.1 Å². The van der Waals surface area contributed by atoms with Crippen molar-refractivity contribution in [2.45, 2.75) is 13.0 Å². The number of fused-ring (bicyclic) bond motifs is 1. The number of methoxy groups -OCH3 is 3. The second-order valence-electron chi connectivity index (χ2n) is 8.73. The van der Waals surface area contributed by atoms with Gasteiger partial charge in [-0.25, -0.2) is 0 Å². The Labute approximate surface area is 210 Å². The highest BCUT2D eigenvalue weighted by molar-refractivity contribution is 7.18. The normalized spacial score (nSPS) is 15.7. The van der Waals surface area contributed by atoms with Gasteiger partial charge in [-0.1, -0.05) is 24.3 Å². The third-order valence-electron chi connectivity index (χ3n) is 6.79. The van der Waals surface area contributed by atoms with Crippen LogP contribution in [0.15, 0.2) is 48.5 Å². The Morgan fingerprint density at radius 3 is 2.37 bits per heavy atom. The third-order valence-corrected chi connectivity index (χ3v) is 7.89. The maximum Gasteiger partial charge on any atom is 0.264 e. The topological polar surface area (TPSA) is 54.5 Å². The molecule has 1 aromatic heterocycles. The molecule has 184 valence electrons. The predicted octanol–water partition coefficient (Wildman–Crippen LogP) is 4.43. The lowest BCUT2D eigenvalue weighted by molar-refractivity contribution is 0.0632. The van der Waals surface area contributed by atoms with Gasteiger partial charge in [-0.15, -0.1) is 11.3 Å². The van der Waals surface area contributed by atoms with E-state index in [1.165, 1.54) is 11.3 Å². The maximum absolute atomic E-state index is 13.2. The van der Waals surface area contributed by atoms with Gasteiger partial charge in [-0.2, -0.15) is 0 Å². The van der Waals surface area contributed by atoms with E-state index < -0.39 is 0 Å². The van der Waals surface area contributed by atoms with Gasteiger partial charge in [-0.3, -0.25) is 9.69 Å². The first kappa shape index (κ1) is 23.5. The Kier molecular flexibility index (Phi) is 6.83. The van der Waals surface area contributed by atoms with Gasteiger partial charge in [-0.05, 0) is 36.2 Å². The van der Waals surface area contributed by atoms with E-state index >= 15 is 0 Å². The Hall–Kier alpha value is -3.23. The van der Waals surface area contributed by atoms with Crippen LogP contribution in [0.1, 0.15) is 20.8 Å². The summed E-state index contributed by atoms with van der Waals surface area (Å²) in [7, 11) is 4.88. The fourth-order valence-corrected chi connectivity index (χ4v) is 5.96. The average Bonchev–Trinajstić information content (AvgIpc) is 3.55. The monoisotopic (exact) mass is 493 g/mol. The zero-order chi connectivity index (χ0) is 24.4. The Balaban J connectivity index is 1.21. The lowest BCUT2D eigenvalue weighted by Crippen LogP contribution is -2.48. The molecule has 0 spiro atoms. The summed E-state index contributed by atoms with van der Waals surface area (Å²) in [5, 5.41) is 1.14. The zero-order valence-electron chi connectivity index (χ0n) is 20.5. The molecule has 5 rings (SSSR count). The van der Waals surface area contributed by atoms with Gasteiger partial charge in [0.15, 0.2) is 11.5 Å². The summed E-state index contributed by atoms with van der Waals surface area (Å²) in [5.74, 6) is 2.07. The minimum absolute atomic E-state index is 0.122. The quantitative estimate of drug-likeness (QED) is 0.486. The second kappa shape index (κ2) is 10.2. The molecular formula is C27H31N3O4S. The Morgan fingerprint density at radius 1 is 0.857 bits per heavy atom. The highest BCUT2D eigenvalue weighted by atomic mass is 32.1. The summed E-state index contributed by atoms with van der Waals surface area (Å²) in [5.41, 5.74) is 3.67. The lowest BCUT2D eigenvalue weighted by Gasteiger charge is -2.34. The van der Waals surface area contributed by atoms with Crippen LogP contribution in [0, 0.1) is 0 Å². The number of carbonyl (C=O) groups excluding carboxylic acids is 1. The van der Waals surface area contributed by atoms with E-state index in [9.17, 15) is 4.79 Å². The zero-order valence-corrected chi connectivity index (χ0v) is 21.3. The van der Waals surface area contributed by atoms with Crippen LogP contribution in [0.2, 0.25) is 0 Å². The van der Waals surface area contributed by atoms with Crippen molar-refractivity contribution in [3.8, 4) is 17.2 Å². The van der Waals surface area contributed by atoms with Gasteiger partial charge in [0.25, 0.3) is 5.91 Å². The van der Waals surface area contributed by atoms with E-state index in [1.807, 2.05) is 23.1 Å². The van der Waals surface area contributed by atoms with E-state index in [-0.39, 0.29) is 5.91 Å². The molecule has 35 heavy (non-hydrogen) atoms. The average molecular weight is 494 g/mol. The van der Waals surface area contributed by atoms with Crippen molar-refractivity contribution < 1.29 is 19.0 Å². The van der Waals surface area contributed by atoms with Crippen LogP contribution in [0.3, 0.4) is 0 Å². The van der Waals surface area contributed by atoms with E-state index in [1.54, 1.807) is 32.7 Å². The number of para-hydroxylation sites is 1. The van der Waals surface area contributed by atoms with E-state index in [4.69, 9.17) is 14.2 Å². The van der Waals surface area contributed by atoms with Crippen molar-refractivity contribution in [2.75, 3.05) is 59.0 Å². The summed E-state index contributed by atoms with van der Waals surface area (Å²) < 4.78 is 16.5. The third kappa shape index (κ3) is 4.56. The SMILES string of the molecule is COc1ccc(CN2CCN(C(=O)c3ccc(N4CCc5ccccc54)s3)CC2)c(OC)c1OC. The minimum Gasteiger partial charge on any atom is -0.493 e. The largest absolute Gasteiger partial charge is 0.493 e. The number of amides is 1. The van der Waals surface area contributed by atoms with Crippen molar-refractivity contribution >= 4 is 27.9 Å². The van der Waals surface area contributed by atoms with Gasteiger partial charge >= 0.3 is 0 Å². The molecule has 0 unspecified atom stereocenters. The fourth-order valence-electron chi connectivity index (χ4n) is 4.95. The number of hydrogen-bond acceptors (Lipinski definition) is 7. The maximum atomic E-state index is 13.2. The molecule has 0 aliphatic carbocycles. The van der Waals surface area contributed by atoms with Gasteiger partial charge < -0.3 is 24.0 Å². The number of rotatable bonds is 7. The summed E-state index contributed by atoms with van der Waals surface area (Å²) in [6.45, 7) is 4.71. The molecule has 2 aliphatic heterocycles. The predicted molar refractivity (Wildman–Crippen MR) is 139 cm³/mol. The summed E-state index contributed by atoms with van der Waals surface area (Å²) in [6, 6.07) is 16.5. The number of nitrogens with zero attached hydrogens (tertiary/aromatic N) is 3. The second-order valence-corrected chi connectivity index (χ2v) is 9.79. The molecule has 0 radical (unpaired) electrons. The first-order valence-corrected chi connectivity index (χ1v) is 12.7. The van der Waals surface area contributed by atoms with Crippen LogP contribution in [-0.4, -0.2) is 69.8 Å². The number of ether oxygens (including phenoxy) is 3.